The number of nitrogens with zero attached hydrogens (tertiary/aromatic N) is 5. The third-order valence-electron chi connectivity index (χ3n) is 7.41. The second kappa shape index (κ2) is 10.1. The van der Waals surface area contributed by atoms with Crippen LogP contribution in [0, 0.1) is 5.92 Å². The fourth-order valence-corrected chi connectivity index (χ4v) is 6.07. The van der Waals surface area contributed by atoms with Crippen LogP contribution in [0.4, 0.5) is 11.4 Å². The molecule has 37 heavy (non-hydrogen) atoms. The highest BCUT2D eigenvalue weighted by molar-refractivity contribution is 7.80. The molecule has 188 valence electrons. The Labute approximate surface area is 227 Å². The molecule has 1 aromatic carbocycles. The Bertz CT molecular complexity index is 1380. The molecule has 2 aliphatic heterocycles. The van der Waals surface area contributed by atoms with Crippen molar-refractivity contribution >= 4 is 40.3 Å². The maximum atomic E-state index is 6.92. The molecule has 6 rings (SSSR count). The van der Waals surface area contributed by atoms with Gasteiger partial charge in [0.05, 0.1) is 22.4 Å². The lowest BCUT2D eigenvalue weighted by atomic mass is 9.98. The molecule has 2 fully saturated rings. The molecule has 8 heteroatoms. The molecule has 0 saturated carbocycles. The van der Waals surface area contributed by atoms with Crippen LogP contribution in [-0.4, -0.2) is 32.7 Å². The smallest absolute Gasteiger partial charge is 0.174 e. The minimum atomic E-state index is -0.155. The number of pyridine rings is 2. The summed E-state index contributed by atoms with van der Waals surface area (Å²) in [6, 6.07) is 22.1. The summed E-state index contributed by atoms with van der Waals surface area (Å²) in [5.41, 5.74) is 4.03. The minimum Gasteiger partial charge on any atom is -0.370 e. The SMILES string of the molecule is CC1CCN(c2ccc(N3C(=S)N[C@@H](c4ccccn4)[C@@H]3c3cccn3-c3ccccn3)cc2Cl)CC1. The minimum absolute atomic E-state index is 0.145. The van der Waals surface area contributed by atoms with Crippen molar-refractivity contribution < 1.29 is 0 Å². The molecule has 6 nitrogen and oxygen atoms in total. The van der Waals surface area contributed by atoms with E-state index >= 15 is 0 Å². The van der Waals surface area contributed by atoms with E-state index in [1.54, 1.807) is 0 Å². The van der Waals surface area contributed by atoms with E-state index in [4.69, 9.17) is 23.8 Å². The van der Waals surface area contributed by atoms with Gasteiger partial charge in [-0.25, -0.2) is 4.98 Å². The maximum absolute atomic E-state index is 6.92. The van der Waals surface area contributed by atoms with E-state index in [-0.39, 0.29) is 12.1 Å². The highest BCUT2D eigenvalue weighted by Gasteiger charge is 2.42. The van der Waals surface area contributed by atoms with Crippen molar-refractivity contribution in [2.75, 3.05) is 22.9 Å². The van der Waals surface area contributed by atoms with Crippen LogP contribution < -0.4 is 15.1 Å². The lowest BCUT2D eigenvalue weighted by Gasteiger charge is -2.33. The zero-order chi connectivity index (χ0) is 25.4. The number of hydrogen-bond donors (Lipinski definition) is 1. The molecule has 1 N–H and O–H groups in total. The summed E-state index contributed by atoms with van der Waals surface area (Å²) in [6.45, 7) is 4.39. The Morgan fingerprint density at radius 1 is 0.946 bits per heavy atom. The lowest BCUT2D eigenvalue weighted by molar-refractivity contribution is 0.438. The van der Waals surface area contributed by atoms with E-state index < -0.39 is 0 Å². The van der Waals surface area contributed by atoms with Gasteiger partial charge in [0, 0.05) is 43.1 Å². The molecule has 4 aromatic rings. The van der Waals surface area contributed by atoms with E-state index in [0.29, 0.717) is 5.11 Å². The molecule has 0 aliphatic carbocycles. The standard InChI is InChI=1S/C29H29ClN6S/c1-20-12-17-34(18-13-20)24-11-10-21(19-22(24)30)36-28(27(33-29(36)37)23-7-2-4-14-31-23)25-8-6-16-35(25)26-9-3-5-15-32-26/h2-11,14-16,19-20,27-28H,12-13,17-18H2,1H3,(H,33,37)/t27-,28-/m0/s1. The highest BCUT2D eigenvalue weighted by atomic mass is 35.5. The van der Waals surface area contributed by atoms with Crippen LogP contribution in [0.2, 0.25) is 5.02 Å². The number of aromatic nitrogens is 3. The average Bonchev–Trinajstić information content (AvgIpc) is 3.54. The van der Waals surface area contributed by atoms with Gasteiger partial charge in [-0.2, -0.15) is 0 Å². The number of rotatable bonds is 5. The summed E-state index contributed by atoms with van der Waals surface area (Å²) in [5, 5.41) is 4.93. The Hall–Kier alpha value is -3.42. The molecular formula is C29H29ClN6S. The zero-order valence-corrected chi connectivity index (χ0v) is 22.2. The largest absolute Gasteiger partial charge is 0.370 e. The van der Waals surface area contributed by atoms with Gasteiger partial charge in [0.15, 0.2) is 5.11 Å². The van der Waals surface area contributed by atoms with Crippen LogP contribution in [0.5, 0.6) is 0 Å². The van der Waals surface area contributed by atoms with E-state index in [1.165, 1.54) is 12.8 Å². The van der Waals surface area contributed by atoms with Crippen molar-refractivity contribution in [1.29, 1.82) is 0 Å². The Kier molecular flexibility index (Phi) is 6.57. The summed E-state index contributed by atoms with van der Waals surface area (Å²) < 4.78 is 2.12. The molecule has 0 unspecified atom stereocenters. The predicted molar refractivity (Wildman–Crippen MR) is 154 cm³/mol. The number of piperidine rings is 1. The van der Waals surface area contributed by atoms with Gasteiger partial charge in [-0.3, -0.25) is 4.98 Å². The third kappa shape index (κ3) is 4.58. The first kappa shape index (κ1) is 23.9. The summed E-state index contributed by atoms with van der Waals surface area (Å²) in [6.07, 6.45) is 8.06. The summed E-state index contributed by atoms with van der Waals surface area (Å²) in [4.78, 5) is 13.8. The van der Waals surface area contributed by atoms with Crippen LogP contribution in [-0.2, 0) is 0 Å². The van der Waals surface area contributed by atoms with Gasteiger partial charge in [0.2, 0.25) is 0 Å². The van der Waals surface area contributed by atoms with Gasteiger partial charge in [-0.1, -0.05) is 30.7 Å². The number of anilines is 2. The van der Waals surface area contributed by atoms with Gasteiger partial charge in [-0.05, 0) is 85.6 Å². The van der Waals surface area contributed by atoms with Crippen molar-refractivity contribution in [3.63, 3.8) is 0 Å². The first-order valence-corrected chi connectivity index (χ1v) is 13.5. The number of hydrogen-bond acceptors (Lipinski definition) is 4. The summed E-state index contributed by atoms with van der Waals surface area (Å²) >= 11 is 12.9. The molecule has 0 radical (unpaired) electrons. The van der Waals surface area contributed by atoms with E-state index in [0.717, 1.165) is 52.6 Å². The van der Waals surface area contributed by atoms with Crippen molar-refractivity contribution in [2.45, 2.75) is 31.8 Å². The number of thiocarbonyl (C=S) groups is 1. The van der Waals surface area contributed by atoms with Crippen molar-refractivity contribution in [2.24, 2.45) is 5.92 Å². The van der Waals surface area contributed by atoms with Gasteiger partial charge in [-0.15, -0.1) is 0 Å². The Morgan fingerprint density at radius 3 is 2.43 bits per heavy atom. The van der Waals surface area contributed by atoms with Gasteiger partial charge in [0.1, 0.15) is 11.9 Å². The fourth-order valence-electron chi connectivity index (χ4n) is 5.43. The molecule has 3 aromatic heterocycles. The van der Waals surface area contributed by atoms with Crippen LogP contribution in [0.15, 0.2) is 85.3 Å². The van der Waals surface area contributed by atoms with Crippen molar-refractivity contribution in [1.82, 2.24) is 19.9 Å². The first-order valence-electron chi connectivity index (χ1n) is 12.7. The second-order valence-electron chi connectivity index (χ2n) is 9.79. The van der Waals surface area contributed by atoms with Crippen molar-refractivity contribution in [3.05, 3.63) is 102 Å². The topological polar surface area (TPSA) is 49.2 Å². The maximum Gasteiger partial charge on any atom is 0.174 e. The molecule has 2 atom stereocenters. The average molecular weight is 529 g/mol. The Balaban J connectivity index is 1.42. The van der Waals surface area contributed by atoms with E-state index in [2.05, 4.69) is 54.8 Å². The zero-order valence-electron chi connectivity index (χ0n) is 20.7. The number of halogens is 1. The van der Waals surface area contributed by atoms with Crippen LogP contribution in [0.1, 0.15) is 43.2 Å². The number of benzene rings is 1. The first-order chi connectivity index (χ1) is 18.1. The molecule has 0 bridgehead atoms. The third-order valence-corrected chi connectivity index (χ3v) is 8.03. The van der Waals surface area contributed by atoms with Gasteiger partial charge < -0.3 is 19.7 Å². The van der Waals surface area contributed by atoms with Crippen LogP contribution in [0.25, 0.3) is 5.82 Å². The Morgan fingerprint density at radius 2 is 1.73 bits per heavy atom. The molecule has 0 spiro atoms. The molecule has 2 aliphatic rings. The van der Waals surface area contributed by atoms with Crippen LogP contribution in [0.3, 0.4) is 0 Å². The van der Waals surface area contributed by atoms with E-state index in [9.17, 15) is 0 Å². The second-order valence-corrected chi connectivity index (χ2v) is 10.6. The fraction of sp³-hybridized carbons (Fsp3) is 0.276. The molecule has 5 heterocycles. The molecular weight excluding hydrogens is 500 g/mol. The molecule has 2 saturated heterocycles. The quantitative estimate of drug-likeness (QED) is 0.305. The van der Waals surface area contributed by atoms with Crippen molar-refractivity contribution in [3.8, 4) is 5.82 Å². The lowest BCUT2D eigenvalue weighted by Crippen LogP contribution is -2.33. The molecule has 0 amide bonds. The van der Waals surface area contributed by atoms with Gasteiger partial charge in [0.25, 0.3) is 0 Å². The van der Waals surface area contributed by atoms with Crippen LogP contribution >= 0.6 is 23.8 Å². The normalized spacial score (nSPS) is 20.3. The predicted octanol–water partition coefficient (Wildman–Crippen LogP) is 6.33. The highest BCUT2D eigenvalue weighted by Crippen LogP contribution is 2.44. The summed E-state index contributed by atoms with van der Waals surface area (Å²) in [7, 11) is 0. The monoisotopic (exact) mass is 528 g/mol. The van der Waals surface area contributed by atoms with E-state index in [1.807, 2.05) is 67.1 Å². The number of nitrogens with one attached hydrogen (secondary N) is 1. The van der Waals surface area contributed by atoms with Gasteiger partial charge >= 0.3 is 0 Å². The summed E-state index contributed by atoms with van der Waals surface area (Å²) in [5.74, 6) is 1.62.